The topological polar surface area (TPSA) is 0 Å². The zero-order chi connectivity index (χ0) is 50.1. The van der Waals surface area contributed by atoms with Crippen LogP contribution in [0.25, 0.3) is 153 Å². The van der Waals surface area contributed by atoms with Crippen molar-refractivity contribution in [2.45, 2.75) is 0 Å². The van der Waals surface area contributed by atoms with Gasteiger partial charge in [-0.15, -0.1) is 0 Å². The first kappa shape index (κ1) is 43.7. The highest BCUT2D eigenvalue weighted by atomic mass is 14.2. The van der Waals surface area contributed by atoms with Gasteiger partial charge in [0.05, 0.1) is 0 Å². The summed E-state index contributed by atoms with van der Waals surface area (Å²) in [5.74, 6) is 0. The first-order valence-electron chi connectivity index (χ1n) is 26.4. The van der Waals surface area contributed by atoms with Gasteiger partial charge < -0.3 is 0 Å². The Balaban J connectivity index is 0.886. The molecule has 0 amide bonds. The molecule has 76 heavy (non-hydrogen) atoms. The van der Waals surface area contributed by atoms with E-state index in [4.69, 9.17) is 0 Å². The number of hydrogen-bond acceptors (Lipinski definition) is 0. The van der Waals surface area contributed by atoms with E-state index in [2.05, 4.69) is 291 Å². The molecule has 15 aromatic carbocycles. The third-order valence-corrected chi connectivity index (χ3v) is 16.0. The van der Waals surface area contributed by atoms with Crippen LogP contribution in [0.4, 0.5) is 0 Å². The van der Waals surface area contributed by atoms with Gasteiger partial charge >= 0.3 is 0 Å². The van der Waals surface area contributed by atoms with E-state index in [1.807, 2.05) is 0 Å². The molecule has 0 aromatic heterocycles. The summed E-state index contributed by atoms with van der Waals surface area (Å²) in [4.78, 5) is 0. The second-order valence-corrected chi connectivity index (χ2v) is 20.3. The molecule has 0 heteroatoms. The van der Waals surface area contributed by atoms with Crippen molar-refractivity contribution in [2.75, 3.05) is 0 Å². The lowest BCUT2D eigenvalue weighted by molar-refractivity contribution is 1.54. The maximum Gasteiger partial charge on any atom is -0.00261 e. The summed E-state index contributed by atoms with van der Waals surface area (Å²) in [6.45, 7) is 0. The van der Waals surface area contributed by atoms with Gasteiger partial charge in [0.1, 0.15) is 0 Å². The van der Waals surface area contributed by atoms with Gasteiger partial charge in [-0.1, -0.05) is 255 Å². The minimum atomic E-state index is 1.17. The highest BCUT2D eigenvalue weighted by Crippen LogP contribution is 2.48. The molecule has 0 fully saturated rings. The van der Waals surface area contributed by atoms with Crippen LogP contribution in [0.3, 0.4) is 0 Å². The monoisotopic (exact) mass is 960 g/mol. The van der Waals surface area contributed by atoms with E-state index >= 15 is 0 Å². The minimum absolute atomic E-state index is 1.17. The molecule has 15 aromatic rings. The largest absolute Gasteiger partial charge is 0.0622 e. The average molecular weight is 961 g/mol. The van der Waals surface area contributed by atoms with Gasteiger partial charge in [-0.25, -0.2) is 0 Å². The first-order valence-corrected chi connectivity index (χ1v) is 26.4. The number of fused-ring (bicyclic) bond motifs is 9. The molecule has 0 N–H and O–H groups in total. The van der Waals surface area contributed by atoms with E-state index in [9.17, 15) is 0 Å². The summed E-state index contributed by atoms with van der Waals surface area (Å²) in [6, 6.07) is 108. The minimum Gasteiger partial charge on any atom is -0.0622 e. The molecule has 0 aliphatic rings. The fourth-order valence-corrected chi connectivity index (χ4v) is 12.4. The van der Waals surface area contributed by atoms with Crippen LogP contribution in [0.2, 0.25) is 0 Å². The first-order chi connectivity index (χ1) is 37.7. The summed E-state index contributed by atoms with van der Waals surface area (Å²) in [5.41, 5.74) is 16.9. The van der Waals surface area contributed by atoms with Crippen molar-refractivity contribution < 1.29 is 0 Å². The molecule has 15 rings (SSSR count). The molecule has 0 saturated carbocycles. The van der Waals surface area contributed by atoms with Crippen molar-refractivity contribution in [1.29, 1.82) is 0 Å². The van der Waals surface area contributed by atoms with E-state index < -0.39 is 0 Å². The van der Waals surface area contributed by atoms with Gasteiger partial charge in [0.15, 0.2) is 0 Å². The molecule has 0 aliphatic heterocycles. The molecule has 0 bridgehead atoms. The molecule has 0 saturated heterocycles. The highest BCUT2D eigenvalue weighted by molar-refractivity contribution is 6.23. The smallest absolute Gasteiger partial charge is 0.00261 e. The average Bonchev–Trinajstić information content (AvgIpc) is 3.57. The van der Waals surface area contributed by atoms with Crippen LogP contribution in [0.1, 0.15) is 0 Å². The highest BCUT2D eigenvalue weighted by Gasteiger charge is 2.21. The Hall–Kier alpha value is -9.88. The number of rotatable bonds is 7. The van der Waals surface area contributed by atoms with Gasteiger partial charge in [0, 0.05) is 0 Å². The van der Waals surface area contributed by atoms with E-state index in [-0.39, 0.29) is 0 Å². The van der Waals surface area contributed by atoms with Crippen LogP contribution in [0, 0.1) is 0 Å². The molecule has 0 nitrogen and oxygen atoms in total. The van der Waals surface area contributed by atoms with Crippen LogP contribution in [-0.2, 0) is 0 Å². The second kappa shape index (κ2) is 18.0. The molecule has 0 spiro atoms. The number of hydrogen-bond donors (Lipinski definition) is 0. The molecule has 0 heterocycles. The Bertz CT molecular complexity index is 4660. The van der Waals surface area contributed by atoms with Crippen LogP contribution in [-0.4, -0.2) is 0 Å². The van der Waals surface area contributed by atoms with Crippen LogP contribution < -0.4 is 0 Å². The summed E-state index contributed by atoms with van der Waals surface area (Å²) in [7, 11) is 0. The van der Waals surface area contributed by atoms with Crippen molar-refractivity contribution in [3.63, 3.8) is 0 Å². The molecule has 0 unspecified atom stereocenters. The van der Waals surface area contributed by atoms with Gasteiger partial charge in [-0.05, 0) is 190 Å². The Morgan fingerprint density at radius 3 is 1.20 bits per heavy atom. The van der Waals surface area contributed by atoms with Crippen LogP contribution in [0.15, 0.2) is 291 Å². The lowest BCUT2D eigenvalue weighted by Crippen LogP contribution is -1.94. The Morgan fingerprint density at radius 1 is 0.132 bits per heavy atom. The van der Waals surface area contributed by atoms with Gasteiger partial charge in [-0.3, -0.25) is 0 Å². The molecular formula is C76H48. The zero-order valence-electron chi connectivity index (χ0n) is 41.7. The second-order valence-electron chi connectivity index (χ2n) is 20.3. The predicted molar refractivity (Wildman–Crippen MR) is 327 cm³/mol. The summed E-state index contributed by atoms with van der Waals surface area (Å²) in [5, 5.41) is 17.6. The zero-order valence-corrected chi connectivity index (χ0v) is 41.7. The van der Waals surface area contributed by atoms with Gasteiger partial charge in [0.2, 0.25) is 0 Å². The van der Waals surface area contributed by atoms with Crippen LogP contribution >= 0.6 is 0 Å². The molecule has 0 radical (unpaired) electrons. The Labute approximate surface area is 442 Å². The molecular weight excluding hydrogens is 913 g/mol. The van der Waals surface area contributed by atoms with Crippen molar-refractivity contribution in [3.8, 4) is 77.9 Å². The third kappa shape index (κ3) is 7.30. The summed E-state index contributed by atoms with van der Waals surface area (Å²) < 4.78 is 0. The predicted octanol–water partition coefficient (Wildman–Crippen LogP) is 21.4. The normalized spacial score (nSPS) is 11.7. The van der Waals surface area contributed by atoms with Gasteiger partial charge in [-0.2, -0.15) is 0 Å². The summed E-state index contributed by atoms with van der Waals surface area (Å²) >= 11 is 0. The van der Waals surface area contributed by atoms with Crippen LogP contribution in [0.5, 0.6) is 0 Å². The fourth-order valence-electron chi connectivity index (χ4n) is 12.4. The van der Waals surface area contributed by atoms with Crippen molar-refractivity contribution >= 4 is 75.4 Å². The SMILES string of the molecule is c1ccc(-c2cc(-c3cccc(-c4c5ccccc5c(-c5ccc6ccc7ccccc7c6c5)c5ccccc45)c3)cc(-c3ccccc3)c2-c2ccc(-c3cccc4c3ccc3cc5ccccc5cc34)cc2)cc1. The van der Waals surface area contributed by atoms with Crippen molar-refractivity contribution in [2.24, 2.45) is 0 Å². The maximum absolute atomic E-state index is 2.42. The van der Waals surface area contributed by atoms with E-state index in [1.165, 1.54) is 153 Å². The molecule has 0 aliphatic carbocycles. The van der Waals surface area contributed by atoms with Crippen molar-refractivity contribution in [1.82, 2.24) is 0 Å². The maximum atomic E-state index is 2.42. The van der Waals surface area contributed by atoms with Gasteiger partial charge in [0.25, 0.3) is 0 Å². The molecule has 0 atom stereocenters. The number of benzene rings is 15. The Kier molecular flexibility index (Phi) is 10.3. The van der Waals surface area contributed by atoms with E-state index in [0.29, 0.717) is 0 Å². The fraction of sp³-hybridized carbons (Fsp3) is 0. The Morgan fingerprint density at radius 2 is 0.553 bits per heavy atom. The van der Waals surface area contributed by atoms with E-state index in [1.54, 1.807) is 0 Å². The lowest BCUT2D eigenvalue weighted by Gasteiger charge is -2.20. The van der Waals surface area contributed by atoms with E-state index in [0.717, 1.165) is 0 Å². The summed E-state index contributed by atoms with van der Waals surface area (Å²) in [6.07, 6.45) is 0. The third-order valence-electron chi connectivity index (χ3n) is 16.0. The van der Waals surface area contributed by atoms with Crippen molar-refractivity contribution in [3.05, 3.63) is 291 Å². The quantitative estimate of drug-likeness (QED) is 0.110. The molecule has 352 valence electrons. The lowest BCUT2D eigenvalue weighted by atomic mass is 9.83. The standard InChI is InChI=1S/C76H48/c1-3-17-49(18-4-1)72-47-61(48-73(50-19-5-2-6-20-50)74(72)54-38-35-52(36-39-54)62-31-16-32-64-65(62)42-41-58-43-55-22-7-8-23-57(55)45-71(58)64)56-24-15-25-59(44-56)75-66-27-11-13-29-68(66)76(69-30-14-12-28-67(69)75)60-40-37-53-34-33-51-21-9-10-26-63(51)70(53)46-60/h1-48H.